The van der Waals surface area contributed by atoms with Gasteiger partial charge in [0.2, 0.25) is 5.91 Å². The second kappa shape index (κ2) is 4.64. The third kappa shape index (κ3) is 2.40. The number of carbonyl (C=O) groups is 1. The Morgan fingerprint density at radius 1 is 1.56 bits per heavy atom. The van der Waals surface area contributed by atoms with Crippen LogP contribution in [0.15, 0.2) is 24.5 Å². The van der Waals surface area contributed by atoms with Gasteiger partial charge in [-0.1, -0.05) is 19.9 Å². The molecule has 2 rings (SSSR count). The Hall–Kier alpha value is -1.38. The lowest BCUT2D eigenvalue weighted by Gasteiger charge is -2.39. The van der Waals surface area contributed by atoms with Gasteiger partial charge >= 0.3 is 0 Å². The number of aromatic nitrogens is 1. The van der Waals surface area contributed by atoms with Gasteiger partial charge in [-0.05, 0) is 17.5 Å². The average Bonchev–Trinajstić information content (AvgIpc) is 2.15. The van der Waals surface area contributed by atoms with E-state index in [1.54, 1.807) is 6.20 Å². The first kappa shape index (κ1) is 11.1. The highest BCUT2D eigenvalue weighted by molar-refractivity contribution is 5.77. The van der Waals surface area contributed by atoms with Crippen LogP contribution in [0.1, 0.15) is 31.7 Å². The summed E-state index contributed by atoms with van der Waals surface area (Å²) in [6, 6.07) is 4.04. The molecule has 1 aromatic rings. The molecule has 1 aliphatic heterocycles. The van der Waals surface area contributed by atoms with E-state index in [1.165, 1.54) is 5.56 Å². The Labute approximate surface area is 96.5 Å². The van der Waals surface area contributed by atoms with E-state index in [4.69, 9.17) is 0 Å². The van der Waals surface area contributed by atoms with Crippen molar-refractivity contribution in [2.45, 2.75) is 26.2 Å². The molecule has 0 aromatic carbocycles. The zero-order valence-corrected chi connectivity index (χ0v) is 9.89. The highest BCUT2D eigenvalue weighted by Gasteiger charge is 2.31. The van der Waals surface area contributed by atoms with Crippen molar-refractivity contribution in [3.63, 3.8) is 0 Å². The molecule has 0 N–H and O–H groups in total. The van der Waals surface area contributed by atoms with Crippen molar-refractivity contribution >= 4 is 5.91 Å². The molecule has 0 aliphatic carbocycles. The maximum atomic E-state index is 11.7. The highest BCUT2D eigenvalue weighted by Crippen LogP contribution is 2.27. The van der Waals surface area contributed by atoms with Crippen LogP contribution in [0.2, 0.25) is 0 Å². The number of amides is 1. The molecular formula is C13H18N2O. The molecule has 86 valence electrons. The number of carbonyl (C=O) groups excluding carboxylic acids is 1. The number of hydrogen-bond acceptors (Lipinski definition) is 2. The summed E-state index contributed by atoms with van der Waals surface area (Å²) in [4.78, 5) is 17.8. The average molecular weight is 218 g/mol. The van der Waals surface area contributed by atoms with Crippen molar-refractivity contribution < 1.29 is 4.79 Å². The van der Waals surface area contributed by atoms with E-state index in [-0.39, 0.29) is 5.91 Å². The number of nitrogens with zero attached hydrogens (tertiary/aromatic N) is 2. The fourth-order valence-electron chi connectivity index (χ4n) is 1.99. The van der Waals surface area contributed by atoms with Gasteiger partial charge in [0, 0.05) is 37.8 Å². The van der Waals surface area contributed by atoms with Gasteiger partial charge in [0.1, 0.15) is 0 Å². The first-order valence-corrected chi connectivity index (χ1v) is 5.84. The molecule has 1 fully saturated rings. The predicted molar refractivity (Wildman–Crippen MR) is 63.0 cm³/mol. The molecule has 0 bridgehead atoms. The third-order valence-electron chi connectivity index (χ3n) is 2.97. The van der Waals surface area contributed by atoms with Crippen LogP contribution in [0.4, 0.5) is 0 Å². The molecule has 1 amide bonds. The molecular weight excluding hydrogens is 200 g/mol. The van der Waals surface area contributed by atoms with Gasteiger partial charge < -0.3 is 4.90 Å². The van der Waals surface area contributed by atoms with Crippen molar-refractivity contribution in [1.82, 2.24) is 9.88 Å². The van der Waals surface area contributed by atoms with E-state index in [0.29, 0.717) is 18.3 Å². The molecule has 0 radical (unpaired) electrons. The Bertz CT molecular complexity index is 355. The van der Waals surface area contributed by atoms with Crippen LogP contribution in [0.3, 0.4) is 0 Å². The summed E-state index contributed by atoms with van der Waals surface area (Å²) >= 11 is 0. The van der Waals surface area contributed by atoms with Gasteiger partial charge in [-0.15, -0.1) is 0 Å². The molecule has 0 unspecified atom stereocenters. The van der Waals surface area contributed by atoms with Crippen LogP contribution < -0.4 is 0 Å². The highest BCUT2D eigenvalue weighted by atomic mass is 16.2. The van der Waals surface area contributed by atoms with Crippen molar-refractivity contribution in [3.05, 3.63) is 30.1 Å². The second-order valence-electron chi connectivity index (χ2n) is 4.88. The zero-order valence-electron chi connectivity index (χ0n) is 9.89. The van der Waals surface area contributed by atoms with Gasteiger partial charge in [-0.2, -0.15) is 0 Å². The molecule has 16 heavy (non-hydrogen) atoms. The summed E-state index contributed by atoms with van der Waals surface area (Å²) < 4.78 is 0. The van der Waals surface area contributed by atoms with Crippen LogP contribution in [-0.2, 0) is 4.79 Å². The minimum Gasteiger partial charge on any atom is -0.341 e. The Morgan fingerprint density at radius 3 is 2.88 bits per heavy atom. The molecule has 3 nitrogen and oxygen atoms in total. The third-order valence-corrected chi connectivity index (χ3v) is 2.97. The lowest BCUT2D eigenvalue weighted by Crippen LogP contribution is -2.48. The number of rotatable bonds is 3. The fraction of sp³-hybridized carbons (Fsp3) is 0.538. The van der Waals surface area contributed by atoms with Gasteiger partial charge in [0.25, 0.3) is 0 Å². The first-order valence-electron chi connectivity index (χ1n) is 5.84. The number of likely N-dealkylation sites (tertiary alicyclic amines) is 1. The van der Waals surface area contributed by atoms with Crippen molar-refractivity contribution in [1.29, 1.82) is 0 Å². The summed E-state index contributed by atoms with van der Waals surface area (Å²) in [6.45, 7) is 5.88. The minimum atomic E-state index is 0.287. The zero-order chi connectivity index (χ0) is 11.5. The van der Waals surface area contributed by atoms with Crippen LogP contribution in [0, 0.1) is 5.92 Å². The topological polar surface area (TPSA) is 33.2 Å². The van der Waals surface area contributed by atoms with E-state index in [9.17, 15) is 4.79 Å². The lowest BCUT2D eigenvalue weighted by atomic mass is 9.92. The molecule has 1 saturated heterocycles. The SMILES string of the molecule is CC(C)CC(=O)N1CC(c2cccnc2)C1. The van der Waals surface area contributed by atoms with Crippen molar-refractivity contribution in [2.75, 3.05) is 13.1 Å². The summed E-state index contributed by atoms with van der Waals surface area (Å²) in [5, 5.41) is 0. The normalized spacial score (nSPS) is 16.3. The Balaban J connectivity index is 1.84. The molecule has 0 saturated carbocycles. The van der Waals surface area contributed by atoms with Crippen molar-refractivity contribution in [2.24, 2.45) is 5.92 Å². The molecule has 0 atom stereocenters. The van der Waals surface area contributed by atoms with Crippen LogP contribution >= 0.6 is 0 Å². The first-order chi connectivity index (χ1) is 7.66. The Morgan fingerprint density at radius 2 is 2.31 bits per heavy atom. The predicted octanol–water partition coefficient (Wildman–Crippen LogP) is 2.05. The minimum absolute atomic E-state index is 0.287. The summed E-state index contributed by atoms with van der Waals surface area (Å²) in [6.07, 6.45) is 4.35. The summed E-state index contributed by atoms with van der Waals surface area (Å²) in [7, 11) is 0. The fourth-order valence-corrected chi connectivity index (χ4v) is 1.99. The molecule has 1 aromatic heterocycles. The standard InChI is InChI=1S/C13H18N2O/c1-10(2)6-13(16)15-8-12(9-15)11-4-3-5-14-7-11/h3-5,7,10,12H,6,8-9H2,1-2H3. The lowest BCUT2D eigenvalue weighted by molar-refractivity contribution is -0.136. The van der Waals surface area contributed by atoms with E-state index in [1.807, 2.05) is 17.2 Å². The van der Waals surface area contributed by atoms with E-state index < -0.39 is 0 Å². The van der Waals surface area contributed by atoms with Gasteiger partial charge in [0.05, 0.1) is 0 Å². The molecule has 1 aliphatic rings. The largest absolute Gasteiger partial charge is 0.341 e. The number of hydrogen-bond donors (Lipinski definition) is 0. The monoisotopic (exact) mass is 218 g/mol. The maximum absolute atomic E-state index is 11.7. The summed E-state index contributed by atoms with van der Waals surface area (Å²) in [5.41, 5.74) is 1.25. The maximum Gasteiger partial charge on any atom is 0.222 e. The second-order valence-corrected chi connectivity index (χ2v) is 4.88. The van der Waals surface area contributed by atoms with Crippen LogP contribution in [0.25, 0.3) is 0 Å². The molecule has 0 spiro atoms. The van der Waals surface area contributed by atoms with Gasteiger partial charge in [-0.3, -0.25) is 9.78 Å². The van der Waals surface area contributed by atoms with Crippen LogP contribution in [0.5, 0.6) is 0 Å². The van der Waals surface area contributed by atoms with E-state index >= 15 is 0 Å². The summed E-state index contributed by atoms with van der Waals surface area (Å²) in [5.74, 6) is 1.23. The van der Waals surface area contributed by atoms with E-state index in [0.717, 1.165) is 13.1 Å². The van der Waals surface area contributed by atoms with Gasteiger partial charge in [0.15, 0.2) is 0 Å². The molecule has 3 heteroatoms. The van der Waals surface area contributed by atoms with Crippen molar-refractivity contribution in [3.8, 4) is 0 Å². The molecule has 2 heterocycles. The number of pyridine rings is 1. The Kier molecular flexibility index (Phi) is 3.22. The van der Waals surface area contributed by atoms with Gasteiger partial charge in [-0.25, -0.2) is 0 Å². The van der Waals surface area contributed by atoms with Crippen LogP contribution in [-0.4, -0.2) is 28.9 Å². The quantitative estimate of drug-likeness (QED) is 0.778. The smallest absolute Gasteiger partial charge is 0.222 e. The van der Waals surface area contributed by atoms with E-state index in [2.05, 4.69) is 24.9 Å².